The minimum atomic E-state index is -0.775. The maximum absolute atomic E-state index is 12.8. The standard InChI is InChI=1S/C65H118O6/c1-4-7-10-13-16-19-22-24-26-27-28-29-30-31-32-33-34-35-36-37-39-40-43-46-49-52-55-58-64(67)70-61-62(60-69-63(66)57-54-51-48-45-42-21-18-15-12-9-6-3)71-65(68)59-56-53-50-47-44-41-38-25-23-20-17-14-11-8-5-2/h22,24-25,27-28,30-31,38,62H,4-21,23,26,29,32-37,39-61H2,1-3H3/b24-22-,28-27-,31-30-,38-25-. The molecule has 0 aliphatic carbocycles. The summed E-state index contributed by atoms with van der Waals surface area (Å²) in [6, 6.07) is 0. The predicted octanol–water partition coefficient (Wildman–Crippen LogP) is 21.0. The molecular formula is C65H118O6. The quantitative estimate of drug-likeness (QED) is 0.0261. The molecule has 0 saturated carbocycles. The van der Waals surface area contributed by atoms with Crippen LogP contribution in [0.5, 0.6) is 0 Å². The van der Waals surface area contributed by atoms with Crippen molar-refractivity contribution in [3.63, 3.8) is 0 Å². The number of esters is 3. The van der Waals surface area contributed by atoms with Crippen LogP contribution in [0, 0.1) is 0 Å². The predicted molar refractivity (Wildman–Crippen MR) is 307 cm³/mol. The minimum absolute atomic E-state index is 0.0733. The van der Waals surface area contributed by atoms with Crippen LogP contribution in [0.1, 0.15) is 329 Å². The summed E-state index contributed by atoms with van der Waals surface area (Å²) in [5.41, 5.74) is 0. The van der Waals surface area contributed by atoms with Gasteiger partial charge in [0.05, 0.1) is 0 Å². The SMILES string of the molecule is CCCCCCC/C=C\C/C=C\C/C=C\CCCCCCCCCCCCCCC(=O)OCC(COC(=O)CCCCCCCCCCCCC)OC(=O)CCCCCCC/C=C\CCCCCCCC. The molecule has 0 rings (SSSR count). The summed E-state index contributed by atoms with van der Waals surface area (Å²) in [6.07, 6.45) is 74.0. The van der Waals surface area contributed by atoms with E-state index in [2.05, 4.69) is 69.4 Å². The fraction of sp³-hybridized carbons (Fsp3) is 0.831. The van der Waals surface area contributed by atoms with Gasteiger partial charge in [0.1, 0.15) is 13.2 Å². The van der Waals surface area contributed by atoms with Crippen molar-refractivity contribution in [1.29, 1.82) is 0 Å². The highest BCUT2D eigenvalue weighted by atomic mass is 16.6. The monoisotopic (exact) mass is 995 g/mol. The minimum Gasteiger partial charge on any atom is -0.462 e. The van der Waals surface area contributed by atoms with Gasteiger partial charge < -0.3 is 14.2 Å². The zero-order valence-corrected chi connectivity index (χ0v) is 47.5. The first-order valence-corrected chi connectivity index (χ1v) is 31.1. The van der Waals surface area contributed by atoms with Gasteiger partial charge in [0, 0.05) is 19.3 Å². The van der Waals surface area contributed by atoms with E-state index in [1.54, 1.807) is 0 Å². The molecule has 0 amide bonds. The lowest BCUT2D eigenvalue weighted by Crippen LogP contribution is -2.30. The van der Waals surface area contributed by atoms with Gasteiger partial charge in [-0.15, -0.1) is 0 Å². The molecule has 0 aromatic heterocycles. The normalized spacial score (nSPS) is 12.3. The largest absolute Gasteiger partial charge is 0.462 e. The van der Waals surface area contributed by atoms with Gasteiger partial charge >= 0.3 is 17.9 Å². The van der Waals surface area contributed by atoms with Crippen molar-refractivity contribution in [2.75, 3.05) is 13.2 Å². The zero-order chi connectivity index (χ0) is 51.4. The van der Waals surface area contributed by atoms with Crippen LogP contribution in [0.4, 0.5) is 0 Å². The fourth-order valence-electron chi connectivity index (χ4n) is 9.09. The Morgan fingerprint density at radius 3 is 0.803 bits per heavy atom. The van der Waals surface area contributed by atoms with E-state index in [0.717, 1.165) is 77.0 Å². The highest BCUT2D eigenvalue weighted by Crippen LogP contribution is 2.16. The van der Waals surface area contributed by atoms with Crippen molar-refractivity contribution < 1.29 is 28.6 Å². The molecule has 6 heteroatoms. The van der Waals surface area contributed by atoms with E-state index in [1.165, 1.54) is 212 Å². The van der Waals surface area contributed by atoms with Crippen LogP contribution in [0.25, 0.3) is 0 Å². The molecule has 414 valence electrons. The molecule has 0 N–H and O–H groups in total. The van der Waals surface area contributed by atoms with Crippen LogP contribution in [-0.4, -0.2) is 37.2 Å². The molecule has 0 aromatic carbocycles. The van der Waals surface area contributed by atoms with E-state index in [4.69, 9.17) is 14.2 Å². The van der Waals surface area contributed by atoms with Crippen molar-refractivity contribution in [2.45, 2.75) is 335 Å². The molecule has 1 atom stereocenters. The summed E-state index contributed by atoms with van der Waals surface area (Å²) in [4.78, 5) is 38.2. The highest BCUT2D eigenvalue weighted by molar-refractivity contribution is 5.71. The third-order valence-corrected chi connectivity index (χ3v) is 13.8. The van der Waals surface area contributed by atoms with Gasteiger partial charge in [0.25, 0.3) is 0 Å². The number of hydrogen-bond donors (Lipinski definition) is 0. The highest BCUT2D eigenvalue weighted by Gasteiger charge is 2.19. The molecule has 0 radical (unpaired) electrons. The van der Waals surface area contributed by atoms with Crippen molar-refractivity contribution in [3.8, 4) is 0 Å². The number of ether oxygens (including phenoxy) is 3. The number of allylic oxidation sites excluding steroid dienone is 8. The number of carbonyl (C=O) groups is 3. The lowest BCUT2D eigenvalue weighted by molar-refractivity contribution is -0.167. The molecule has 6 nitrogen and oxygen atoms in total. The van der Waals surface area contributed by atoms with E-state index in [-0.39, 0.29) is 31.1 Å². The molecule has 0 fully saturated rings. The third kappa shape index (κ3) is 58.1. The van der Waals surface area contributed by atoms with Crippen molar-refractivity contribution in [2.24, 2.45) is 0 Å². The average Bonchev–Trinajstić information content (AvgIpc) is 3.37. The first kappa shape index (κ1) is 68.4. The summed E-state index contributed by atoms with van der Waals surface area (Å²) < 4.78 is 16.9. The van der Waals surface area contributed by atoms with Crippen LogP contribution in [-0.2, 0) is 28.6 Å². The van der Waals surface area contributed by atoms with Crippen LogP contribution in [0.15, 0.2) is 48.6 Å². The molecule has 1 unspecified atom stereocenters. The van der Waals surface area contributed by atoms with Crippen molar-refractivity contribution in [1.82, 2.24) is 0 Å². The maximum atomic E-state index is 12.8. The van der Waals surface area contributed by atoms with Gasteiger partial charge in [-0.1, -0.05) is 275 Å². The molecule has 0 aliphatic rings. The number of rotatable bonds is 57. The van der Waals surface area contributed by atoms with Gasteiger partial charge in [0.2, 0.25) is 0 Å². The van der Waals surface area contributed by atoms with Crippen LogP contribution >= 0.6 is 0 Å². The first-order valence-electron chi connectivity index (χ1n) is 31.1. The van der Waals surface area contributed by atoms with E-state index >= 15 is 0 Å². The number of carbonyl (C=O) groups excluding carboxylic acids is 3. The second-order valence-electron chi connectivity index (χ2n) is 21.0. The number of unbranched alkanes of at least 4 members (excludes halogenated alkanes) is 38. The molecule has 71 heavy (non-hydrogen) atoms. The van der Waals surface area contributed by atoms with E-state index in [9.17, 15) is 14.4 Å². The Kier molecular flexibility index (Phi) is 57.7. The molecule has 0 heterocycles. The second-order valence-corrected chi connectivity index (χ2v) is 21.0. The van der Waals surface area contributed by atoms with Gasteiger partial charge in [-0.3, -0.25) is 14.4 Å². The average molecular weight is 996 g/mol. The Morgan fingerprint density at radius 1 is 0.282 bits per heavy atom. The van der Waals surface area contributed by atoms with Crippen LogP contribution < -0.4 is 0 Å². The summed E-state index contributed by atoms with van der Waals surface area (Å²) in [7, 11) is 0. The van der Waals surface area contributed by atoms with E-state index < -0.39 is 6.10 Å². The topological polar surface area (TPSA) is 78.9 Å². The number of hydrogen-bond acceptors (Lipinski definition) is 6. The lowest BCUT2D eigenvalue weighted by Gasteiger charge is -2.18. The Morgan fingerprint density at radius 2 is 0.507 bits per heavy atom. The summed E-state index contributed by atoms with van der Waals surface area (Å²) >= 11 is 0. The molecule has 0 bridgehead atoms. The second kappa shape index (κ2) is 59.9. The summed E-state index contributed by atoms with van der Waals surface area (Å²) in [6.45, 7) is 6.64. The summed E-state index contributed by atoms with van der Waals surface area (Å²) in [5, 5.41) is 0. The van der Waals surface area contributed by atoms with Crippen LogP contribution in [0.3, 0.4) is 0 Å². The van der Waals surface area contributed by atoms with Crippen molar-refractivity contribution >= 4 is 17.9 Å². The molecule has 0 aliphatic heterocycles. The van der Waals surface area contributed by atoms with Crippen molar-refractivity contribution in [3.05, 3.63) is 48.6 Å². The lowest BCUT2D eigenvalue weighted by atomic mass is 10.0. The van der Waals surface area contributed by atoms with E-state index in [0.29, 0.717) is 19.3 Å². The maximum Gasteiger partial charge on any atom is 0.306 e. The molecule has 0 aromatic rings. The summed E-state index contributed by atoms with van der Waals surface area (Å²) in [5.74, 6) is -0.868. The zero-order valence-electron chi connectivity index (χ0n) is 47.5. The van der Waals surface area contributed by atoms with Gasteiger partial charge in [-0.05, 0) is 83.5 Å². The smallest absolute Gasteiger partial charge is 0.306 e. The molecule has 0 saturated heterocycles. The fourth-order valence-corrected chi connectivity index (χ4v) is 9.09. The Labute approximate surface area is 441 Å². The third-order valence-electron chi connectivity index (χ3n) is 13.8. The first-order chi connectivity index (χ1) is 35.0. The van der Waals surface area contributed by atoms with Gasteiger partial charge in [-0.25, -0.2) is 0 Å². The van der Waals surface area contributed by atoms with Gasteiger partial charge in [-0.2, -0.15) is 0 Å². The van der Waals surface area contributed by atoms with Crippen LogP contribution in [0.2, 0.25) is 0 Å². The molecule has 0 spiro atoms. The molecular weight excluding hydrogens is 877 g/mol. The Bertz CT molecular complexity index is 1230. The van der Waals surface area contributed by atoms with Gasteiger partial charge in [0.15, 0.2) is 6.10 Å². The Balaban J connectivity index is 4.21. The van der Waals surface area contributed by atoms with E-state index in [1.807, 2.05) is 0 Å². The Hall–Kier alpha value is -2.63.